The first-order valence-corrected chi connectivity index (χ1v) is 5.70. The number of amides is 1. The van der Waals surface area contributed by atoms with Crippen molar-refractivity contribution in [1.29, 1.82) is 0 Å². The average molecular weight is 265 g/mol. The highest BCUT2D eigenvalue weighted by Crippen LogP contribution is 2.25. The fraction of sp³-hybridized carbons (Fsp3) is 0.167. The third kappa shape index (κ3) is 2.17. The van der Waals surface area contributed by atoms with Crippen molar-refractivity contribution in [3.8, 4) is 5.69 Å². The number of anilines is 1. The Hall–Kier alpha value is -2.01. The van der Waals surface area contributed by atoms with Gasteiger partial charge in [-0.25, -0.2) is 4.68 Å². The summed E-state index contributed by atoms with van der Waals surface area (Å²) in [4.78, 5) is 13.2. The Labute approximate surface area is 110 Å². The van der Waals surface area contributed by atoms with Crippen LogP contribution >= 0.6 is 11.6 Å². The van der Waals surface area contributed by atoms with Crippen LogP contribution in [-0.4, -0.2) is 34.7 Å². The molecule has 0 saturated heterocycles. The van der Waals surface area contributed by atoms with E-state index in [0.717, 1.165) is 0 Å². The quantitative estimate of drug-likeness (QED) is 0.842. The molecule has 2 aromatic rings. The number of benzene rings is 1. The molecule has 0 fully saturated rings. The Morgan fingerprint density at radius 1 is 1.39 bits per heavy atom. The molecule has 1 aromatic carbocycles. The molecule has 0 saturated carbocycles. The van der Waals surface area contributed by atoms with E-state index in [1.807, 2.05) is 0 Å². The Balaban J connectivity index is 2.45. The van der Waals surface area contributed by atoms with Gasteiger partial charge in [0.1, 0.15) is 5.69 Å². The molecule has 0 aliphatic heterocycles. The lowest BCUT2D eigenvalue weighted by Gasteiger charge is -2.09. The van der Waals surface area contributed by atoms with Crippen LogP contribution in [-0.2, 0) is 0 Å². The predicted octanol–water partition coefficient (Wildman–Crippen LogP) is 1.81. The predicted molar refractivity (Wildman–Crippen MR) is 71.0 cm³/mol. The molecule has 5 nitrogen and oxygen atoms in total. The standard InChI is InChI=1S/C12H13ClN4O/c1-16(2)12(18)10-6-7-17(15-10)11-8(13)4-3-5-9(11)14/h3-7H,14H2,1-2H3. The van der Waals surface area contributed by atoms with Gasteiger partial charge in [0.2, 0.25) is 0 Å². The lowest BCUT2D eigenvalue weighted by atomic mass is 10.3. The van der Waals surface area contributed by atoms with Gasteiger partial charge < -0.3 is 10.6 Å². The van der Waals surface area contributed by atoms with Crippen molar-refractivity contribution in [3.63, 3.8) is 0 Å². The molecule has 6 heteroatoms. The van der Waals surface area contributed by atoms with Gasteiger partial charge in [0, 0.05) is 20.3 Å². The van der Waals surface area contributed by atoms with Crippen molar-refractivity contribution in [2.45, 2.75) is 0 Å². The molecule has 0 bridgehead atoms. The first kappa shape index (κ1) is 12.4. The fourth-order valence-corrected chi connectivity index (χ4v) is 1.83. The maximum Gasteiger partial charge on any atom is 0.273 e. The van der Waals surface area contributed by atoms with Crippen LogP contribution in [0.1, 0.15) is 10.5 Å². The first-order chi connectivity index (χ1) is 8.50. The van der Waals surface area contributed by atoms with Gasteiger partial charge in [0.05, 0.1) is 10.7 Å². The molecule has 18 heavy (non-hydrogen) atoms. The molecular formula is C12H13ClN4O. The molecule has 2 N–H and O–H groups in total. The number of aromatic nitrogens is 2. The lowest BCUT2D eigenvalue weighted by Crippen LogP contribution is -2.22. The highest BCUT2D eigenvalue weighted by Gasteiger charge is 2.14. The minimum Gasteiger partial charge on any atom is -0.397 e. The normalized spacial score (nSPS) is 10.4. The minimum atomic E-state index is -0.167. The molecule has 0 aliphatic carbocycles. The average Bonchev–Trinajstić information content (AvgIpc) is 2.77. The number of para-hydroxylation sites is 1. The largest absolute Gasteiger partial charge is 0.397 e. The number of carbonyl (C=O) groups excluding carboxylic acids is 1. The second kappa shape index (κ2) is 4.70. The van der Waals surface area contributed by atoms with Crippen LogP contribution in [0, 0.1) is 0 Å². The van der Waals surface area contributed by atoms with Gasteiger partial charge in [-0.15, -0.1) is 0 Å². The van der Waals surface area contributed by atoms with E-state index in [2.05, 4.69) is 5.10 Å². The van der Waals surface area contributed by atoms with E-state index in [0.29, 0.717) is 22.1 Å². The van der Waals surface area contributed by atoms with E-state index in [1.54, 1.807) is 44.6 Å². The second-order valence-electron chi connectivity index (χ2n) is 4.02. The number of rotatable bonds is 2. The highest BCUT2D eigenvalue weighted by molar-refractivity contribution is 6.32. The van der Waals surface area contributed by atoms with Crippen LogP contribution in [0.5, 0.6) is 0 Å². The summed E-state index contributed by atoms with van der Waals surface area (Å²) in [6.45, 7) is 0. The van der Waals surface area contributed by atoms with Gasteiger partial charge in [-0.1, -0.05) is 17.7 Å². The van der Waals surface area contributed by atoms with Gasteiger partial charge in [0.25, 0.3) is 5.91 Å². The summed E-state index contributed by atoms with van der Waals surface area (Å²) in [6, 6.07) is 6.85. The van der Waals surface area contributed by atoms with Crippen LogP contribution in [0.4, 0.5) is 5.69 Å². The molecule has 1 amide bonds. The number of halogens is 1. The third-order valence-electron chi connectivity index (χ3n) is 2.46. The summed E-state index contributed by atoms with van der Waals surface area (Å²) in [5.41, 5.74) is 7.29. The van der Waals surface area contributed by atoms with Crippen molar-refractivity contribution in [3.05, 3.63) is 41.2 Å². The zero-order valence-corrected chi connectivity index (χ0v) is 10.8. The summed E-state index contributed by atoms with van der Waals surface area (Å²) < 4.78 is 1.51. The Bertz CT molecular complexity index is 571. The zero-order valence-electron chi connectivity index (χ0n) is 10.1. The molecule has 0 spiro atoms. The molecule has 94 valence electrons. The molecule has 1 heterocycles. The van der Waals surface area contributed by atoms with Gasteiger partial charge >= 0.3 is 0 Å². The smallest absolute Gasteiger partial charge is 0.273 e. The SMILES string of the molecule is CN(C)C(=O)c1ccn(-c2c(N)cccc2Cl)n1. The van der Waals surface area contributed by atoms with Crippen LogP contribution in [0.2, 0.25) is 5.02 Å². The van der Waals surface area contributed by atoms with Gasteiger partial charge in [-0.3, -0.25) is 4.79 Å². The summed E-state index contributed by atoms with van der Waals surface area (Å²) >= 11 is 6.08. The van der Waals surface area contributed by atoms with E-state index in [9.17, 15) is 4.79 Å². The van der Waals surface area contributed by atoms with Crippen molar-refractivity contribution in [1.82, 2.24) is 14.7 Å². The molecule has 0 unspecified atom stereocenters. The number of hydrogen-bond acceptors (Lipinski definition) is 3. The summed E-state index contributed by atoms with van der Waals surface area (Å²) in [7, 11) is 3.34. The highest BCUT2D eigenvalue weighted by atomic mass is 35.5. The van der Waals surface area contributed by atoms with E-state index in [-0.39, 0.29) is 5.91 Å². The van der Waals surface area contributed by atoms with E-state index in [4.69, 9.17) is 17.3 Å². The number of nitrogens with zero attached hydrogens (tertiary/aromatic N) is 3. The Morgan fingerprint density at radius 2 is 2.11 bits per heavy atom. The number of carbonyl (C=O) groups is 1. The van der Waals surface area contributed by atoms with Gasteiger partial charge in [-0.05, 0) is 18.2 Å². The molecule has 0 radical (unpaired) electrons. The van der Waals surface area contributed by atoms with Crippen molar-refractivity contribution in [2.75, 3.05) is 19.8 Å². The van der Waals surface area contributed by atoms with E-state index >= 15 is 0 Å². The maximum absolute atomic E-state index is 11.7. The van der Waals surface area contributed by atoms with Crippen molar-refractivity contribution >= 4 is 23.2 Å². The number of nitrogens with two attached hydrogens (primary N) is 1. The van der Waals surface area contributed by atoms with Gasteiger partial charge in [0.15, 0.2) is 5.69 Å². The Kier molecular flexibility index (Phi) is 3.25. The summed E-state index contributed by atoms with van der Waals surface area (Å²) in [6.07, 6.45) is 1.66. The third-order valence-corrected chi connectivity index (χ3v) is 2.77. The van der Waals surface area contributed by atoms with Crippen LogP contribution in [0.15, 0.2) is 30.5 Å². The van der Waals surface area contributed by atoms with E-state index in [1.165, 1.54) is 9.58 Å². The van der Waals surface area contributed by atoms with Crippen molar-refractivity contribution in [2.24, 2.45) is 0 Å². The summed E-state index contributed by atoms with van der Waals surface area (Å²) in [5, 5.41) is 4.67. The fourth-order valence-electron chi connectivity index (χ4n) is 1.57. The number of hydrogen-bond donors (Lipinski definition) is 1. The topological polar surface area (TPSA) is 64.2 Å². The summed E-state index contributed by atoms with van der Waals surface area (Å²) in [5.74, 6) is -0.167. The van der Waals surface area contributed by atoms with Gasteiger partial charge in [-0.2, -0.15) is 5.10 Å². The second-order valence-corrected chi connectivity index (χ2v) is 4.43. The lowest BCUT2D eigenvalue weighted by molar-refractivity contribution is 0.0821. The minimum absolute atomic E-state index is 0.167. The number of nitrogen functional groups attached to an aromatic ring is 1. The molecular weight excluding hydrogens is 252 g/mol. The Morgan fingerprint density at radius 3 is 2.72 bits per heavy atom. The van der Waals surface area contributed by atoms with Crippen molar-refractivity contribution < 1.29 is 4.79 Å². The first-order valence-electron chi connectivity index (χ1n) is 5.32. The van der Waals surface area contributed by atoms with Crippen LogP contribution < -0.4 is 5.73 Å². The molecule has 1 aromatic heterocycles. The zero-order chi connectivity index (χ0) is 13.3. The molecule has 2 rings (SSSR count). The van der Waals surface area contributed by atoms with E-state index < -0.39 is 0 Å². The maximum atomic E-state index is 11.7. The molecule has 0 aliphatic rings. The molecule has 0 atom stereocenters. The van der Waals surface area contributed by atoms with Crippen LogP contribution in [0.3, 0.4) is 0 Å². The monoisotopic (exact) mass is 264 g/mol. The van der Waals surface area contributed by atoms with Crippen LogP contribution in [0.25, 0.3) is 5.69 Å².